The Morgan fingerprint density at radius 1 is 1.20 bits per heavy atom. The Balaban J connectivity index is 0.00000200. The van der Waals surface area contributed by atoms with Gasteiger partial charge in [0.15, 0.2) is 0 Å². The first kappa shape index (κ1) is 17.7. The van der Waals surface area contributed by atoms with Gasteiger partial charge >= 0.3 is 0 Å². The molecule has 20 heavy (non-hydrogen) atoms. The molecular weight excluding hydrogens is 300 g/mol. The Kier molecular flexibility index (Phi) is 6.28. The van der Waals surface area contributed by atoms with Crippen LogP contribution >= 0.6 is 12.4 Å². The van der Waals surface area contributed by atoms with E-state index in [4.69, 9.17) is 0 Å². The van der Waals surface area contributed by atoms with Gasteiger partial charge in [-0.25, -0.2) is 8.42 Å². The number of rotatable bonds is 3. The normalized spacial score (nSPS) is 23.1. The standard InChI is InChI=1S/C13H24N2O3S.ClH/c1-2-19(17,18)15-12(16)11-3-5-13(6-4-11)7-9-14-10-8-13;/h11,14H,2-10H2,1H3,(H,15,16);1H. The molecule has 0 aromatic heterocycles. The molecule has 1 aliphatic heterocycles. The summed E-state index contributed by atoms with van der Waals surface area (Å²) in [5.41, 5.74) is 0.408. The Morgan fingerprint density at radius 2 is 1.75 bits per heavy atom. The fraction of sp³-hybridized carbons (Fsp3) is 0.923. The molecule has 1 amide bonds. The maximum atomic E-state index is 11.9. The average molecular weight is 325 g/mol. The minimum absolute atomic E-state index is 0. The van der Waals surface area contributed by atoms with Crippen LogP contribution in [0.15, 0.2) is 0 Å². The van der Waals surface area contributed by atoms with Gasteiger partial charge in [0.05, 0.1) is 5.75 Å². The molecule has 0 aromatic rings. The molecule has 1 saturated carbocycles. The van der Waals surface area contributed by atoms with Crippen molar-refractivity contribution in [3.05, 3.63) is 0 Å². The van der Waals surface area contributed by atoms with Crippen LogP contribution in [0.2, 0.25) is 0 Å². The first-order chi connectivity index (χ1) is 8.96. The van der Waals surface area contributed by atoms with E-state index in [0.717, 1.165) is 38.8 Å². The first-order valence-electron chi connectivity index (χ1n) is 7.21. The predicted molar refractivity (Wildman–Crippen MR) is 81.3 cm³/mol. The van der Waals surface area contributed by atoms with E-state index >= 15 is 0 Å². The fourth-order valence-corrected chi connectivity index (χ4v) is 3.88. The van der Waals surface area contributed by atoms with Gasteiger partial charge in [0.1, 0.15) is 0 Å². The van der Waals surface area contributed by atoms with Gasteiger partial charge in [-0.15, -0.1) is 12.4 Å². The number of sulfonamides is 1. The second kappa shape index (κ2) is 7.09. The van der Waals surface area contributed by atoms with Gasteiger partial charge in [0, 0.05) is 5.92 Å². The molecule has 7 heteroatoms. The molecular formula is C13H25ClN2O3S. The lowest BCUT2D eigenvalue weighted by Gasteiger charge is -2.42. The van der Waals surface area contributed by atoms with E-state index in [1.807, 2.05) is 0 Å². The summed E-state index contributed by atoms with van der Waals surface area (Å²) in [6.07, 6.45) is 6.14. The molecule has 2 rings (SSSR count). The summed E-state index contributed by atoms with van der Waals surface area (Å²) in [7, 11) is -3.41. The van der Waals surface area contributed by atoms with Crippen molar-refractivity contribution in [2.45, 2.75) is 45.4 Å². The van der Waals surface area contributed by atoms with Crippen molar-refractivity contribution in [1.29, 1.82) is 0 Å². The van der Waals surface area contributed by atoms with Gasteiger partial charge in [-0.3, -0.25) is 9.52 Å². The number of carbonyl (C=O) groups excluding carboxylic acids is 1. The minimum atomic E-state index is -3.41. The van der Waals surface area contributed by atoms with Crippen molar-refractivity contribution >= 4 is 28.3 Å². The van der Waals surface area contributed by atoms with E-state index in [1.54, 1.807) is 6.92 Å². The Bertz CT molecular complexity index is 423. The van der Waals surface area contributed by atoms with E-state index in [1.165, 1.54) is 12.8 Å². The van der Waals surface area contributed by atoms with Gasteiger partial charge in [-0.1, -0.05) is 0 Å². The molecule has 1 spiro atoms. The number of hydrogen-bond acceptors (Lipinski definition) is 4. The monoisotopic (exact) mass is 324 g/mol. The maximum Gasteiger partial charge on any atom is 0.236 e. The molecule has 0 atom stereocenters. The Labute approximate surface area is 127 Å². The zero-order valence-corrected chi connectivity index (χ0v) is 13.6. The number of hydrogen-bond donors (Lipinski definition) is 2. The third-order valence-corrected chi connectivity index (χ3v) is 5.99. The van der Waals surface area contributed by atoms with E-state index in [9.17, 15) is 13.2 Å². The van der Waals surface area contributed by atoms with Crippen molar-refractivity contribution in [3.8, 4) is 0 Å². The topological polar surface area (TPSA) is 75.3 Å². The zero-order chi connectivity index (χ0) is 13.9. The van der Waals surface area contributed by atoms with Crippen LogP contribution in [-0.4, -0.2) is 33.2 Å². The molecule has 0 radical (unpaired) electrons. The largest absolute Gasteiger partial charge is 0.317 e. The van der Waals surface area contributed by atoms with Crippen LogP contribution in [0, 0.1) is 11.3 Å². The van der Waals surface area contributed by atoms with Crippen molar-refractivity contribution in [2.24, 2.45) is 11.3 Å². The van der Waals surface area contributed by atoms with Crippen LogP contribution in [0.1, 0.15) is 45.4 Å². The van der Waals surface area contributed by atoms with E-state index in [2.05, 4.69) is 10.0 Å². The van der Waals surface area contributed by atoms with Crippen LogP contribution in [0.4, 0.5) is 0 Å². The van der Waals surface area contributed by atoms with Crippen LogP contribution in [0.25, 0.3) is 0 Å². The fourth-order valence-electron chi connectivity index (χ4n) is 3.26. The van der Waals surface area contributed by atoms with Crippen molar-refractivity contribution in [2.75, 3.05) is 18.8 Å². The van der Waals surface area contributed by atoms with Gasteiger partial charge < -0.3 is 5.32 Å². The van der Waals surface area contributed by atoms with Gasteiger partial charge in [0.25, 0.3) is 0 Å². The molecule has 118 valence electrons. The summed E-state index contributed by atoms with van der Waals surface area (Å²) in [5, 5.41) is 3.37. The third kappa shape index (κ3) is 4.33. The Morgan fingerprint density at radius 3 is 2.25 bits per heavy atom. The number of halogens is 1. The van der Waals surface area contributed by atoms with Crippen LogP contribution in [0.5, 0.6) is 0 Å². The lowest BCUT2D eigenvalue weighted by molar-refractivity contribution is -0.125. The van der Waals surface area contributed by atoms with Crippen LogP contribution in [-0.2, 0) is 14.8 Å². The molecule has 1 aliphatic carbocycles. The lowest BCUT2D eigenvalue weighted by atomic mass is 9.65. The van der Waals surface area contributed by atoms with Gasteiger partial charge in [-0.05, 0) is 64.0 Å². The molecule has 0 bridgehead atoms. The maximum absolute atomic E-state index is 11.9. The van der Waals surface area contributed by atoms with Crippen LogP contribution < -0.4 is 10.0 Å². The van der Waals surface area contributed by atoms with Crippen molar-refractivity contribution in [1.82, 2.24) is 10.0 Å². The summed E-state index contributed by atoms with van der Waals surface area (Å²) in [6, 6.07) is 0. The SMILES string of the molecule is CCS(=O)(=O)NC(=O)C1CCC2(CCNCC2)CC1.Cl. The predicted octanol–water partition coefficient (Wildman–Crippen LogP) is 1.43. The minimum Gasteiger partial charge on any atom is -0.317 e. The van der Waals surface area contributed by atoms with Crippen molar-refractivity contribution < 1.29 is 13.2 Å². The van der Waals surface area contributed by atoms with Gasteiger partial charge in [-0.2, -0.15) is 0 Å². The molecule has 2 fully saturated rings. The smallest absolute Gasteiger partial charge is 0.236 e. The van der Waals surface area contributed by atoms with E-state index < -0.39 is 10.0 Å². The molecule has 1 saturated heterocycles. The van der Waals surface area contributed by atoms with Gasteiger partial charge in [0.2, 0.25) is 15.9 Å². The number of amides is 1. The molecule has 2 aliphatic rings. The number of piperidine rings is 1. The molecule has 1 heterocycles. The molecule has 2 N–H and O–H groups in total. The van der Waals surface area contributed by atoms with Crippen LogP contribution in [0.3, 0.4) is 0 Å². The summed E-state index contributed by atoms with van der Waals surface area (Å²) >= 11 is 0. The third-order valence-electron chi connectivity index (χ3n) is 4.72. The number of carbonyl (C=O) groups is 1. The highest BCUT2D eigenvalue weighted by Crippen LogP contribution is 2.45. The summed E-state index contributed by atoms with van der Waals surface area (Å²) in [5.74, 6) is -0.464. The quantitative estimate of drug-likeness (QED) is 0.823. The van der Waals surface area contributed by atoms with Crippen molar-refractivity contribution in [3.63, 3.8) is 0 Å². The summed E-state index contributed by atoms with van der Waals surface area (Å²) in [4.78, 5) is 11.9. The second-order valence-corrected chi connectivity index (χ2v) is 7.90. The number of nitrogens with one attached hydrogen (secondary N) is 2. The summed E-state index contributed by atoms with van der Waals surface area (Å²) < 4.78 is 25.0. The second-order valence-electron chi connectivity index (χ2n) is 5.89. The summed E-state index contributed by atoms with van der Waals surface area (Å²) in [6.45, 7) is 3.68. The highest BCUT2D eigenvalue weighted by Gasteiger charge is 2.38. The average Bonchev–Trinajstić information content (AvgIpc) is 2.40. The molecule has 0 unspecified atom stereocenters. The highest BCUT2D eigenvalue weighted by atomic mass is 35.5. The zero-order valence-electron chi connectivity index (χ0n) is 12.0. The lowest BCUT2D eigenvalue weighted by Crippen LogP contribution is -2.43. The van der Waals surface area contributed by atoms with E-state index in [-0.39, 0.29) is 30.0 Å². The first-order valence-corrected chi connectivity index (χ1v) is 8.87. The molecule has 0 aromatic carbocycles. The van der Waals surface area contributed by atoms with E-state index in [0.29, 0.717) is 5.41 Å². The molecule has 5 nitrogen and oxygen atoms in total. The highest BCUT2D eigenvalue weighted by molar-refractivity contribution is 7.90. The Hall–Kier alpha value is -0.330.